The summed E-state index contributed by atoms with van der Waals surface area (Å²) in [7, 11) is 3.28. The number of hydrogen-bond donors (Lipinski definition) is 6. The number of aliphatic carboxylic acids is 3. The first-order valence-electron chi connectivity index (χ1n) is 20.0. The Balaban J connectivity index is 1.20. The predicted octanol–water partition coefficient (Wildman–Crippen LogP) is -0.289. The van der Waals surface area contributed by atoms with Crippen molar-refractivity contribution in [3.63, 3.8) is 0 Å². The van der Waals surface area contributed by atoms with Crippen LogP contribution in [0.15, 0.2) is 22.9 Å². The minimum absolute atomic E-state index is 0.0764. The molecule has 328 valence electrons. The molecule has 0 radical (unpaired) electrons. The quantitative estimate of drug-likeness (QED) is 0.0536. The van der Waals surface area contributed by atoms with Crippen LogP contribution in [0.3, 0.4) is 0 Å². The maximum atomic E-state index is 14.0. The Bertz CT molecular complexity index is 1730. The highest BCUT2D eigenvalue weighted by atomic mass is 19.1. The number of halogens is 1. The van der Waals surface area contributed by atoms with E-state index in [1.54, 1.807) is 36.7 Å². The molecule has 4 rings (SSSR count). The molecule has 21 nitrogen and oxygen atoms in total. The van der Waals surface area contributed by atoms with E-state index in [-0.39, 0.29) is 44.5 Å². The summed E-state index contributed by atoms with van der Waals surface area (Å²) in [5, 5.41) is 34.4. The van der Waals surface area contributed by atoms with E-state index in [0.717, 1.165) is 32.1 Å². The summed E-state index contributed by atoms with van der Waals surface area (Å²) in [4.78, 5) is 74.5. The Morgan fingerprint density at radius 2 is 1.39 bits per heavy atom. The minimum Gasteiger partial charge on any atom is -0.481 e. The number of imidazole rings is 1. The first-order valence-corrected chi connectivity index (χ1v) is 20.0. The summed E-state index contributed by atoms with van der Waals surface area (Å²) in [6.07, 6.45) is 7.09. The van der Waals surface area contributed by atoms with Crippen molar-refractivity contribution in [2.45, 2.75) is 44.7 Å². The maximum Gasteiger partial charge on any atom is 0.317 e. The van der Waals surface area contributed by atoms with Crippen LogP contribution in [-0.4, -0.2) is 202 Å². The van der Waals surface area contributed by atoms with Crippen molar-refractivity contribution in [2.24, 2.45) is 17.8 Å². The minimum atomic E-state index is -1.02. The monoisotopic (exact) mass is 833 g/mol. The van der Waals surface area contributed by atoms with E-state index in [2.05, 4.69) is 30.6 Å². The number of amides is 1. The van der Waals surface area contributed by atoms with Gasteiger partial charge in [-0.05, 0) is 19.3 Å². The molecular formula is C37H60FN13O8. The molecule has 22 heteroatoms. The van der Waals surface area contributed by atoms with E-state index in [0.29, 0.717) is 107 Å². The third-order valence-electron chi connectivity index (χ3n) is 10.1. The van der Waals surface area contributed by atoms with E-state index >= 15 is 0 Å². The van der Waals surface area contributed by atoms with Crippen molar-refractivity contribution in [2.75, 3.05) is 122 Å². The molecule has 2 aromatic rings. The predicted molar refractivity (Wildman–Crippen MR) is 218 cm³/mol. The number of nitrogens with two attached hydrogens (primary N) is 1. The van der Waals surface area contributed by atoms with Gasteiger partial charge in [-0.1, -0.05) is 19.3 Å². The highest BCUT2D eigenvalue weighted by molar-refractivity contribution is 5.90. The van der Waals surface area contributed by atoms with Gasteiger partial charge in [0.05, 0.1) is 52.4 Å². The van der Waals surface area contributed by atoms with Crippen molar-refractivity contribution in [1.29, 1.82) is 0 Å². The Morgan fingerprint density at radius 3 is 1.92 bits per heavy atom. The van der Waals surface area contributed by atoms with Crippen molar-refractivity contribution in [3.8, 4) is 0 Å². The zero-order valence-electron chi connectivity index (χ0n) is 34.1. The summed E-state index contributed by atoms with van der Waals surface area (Å²) >= 11 is 0. The number of rotatable bonds is 21. The molecule has 7 N–H and O–H groups in total. The van der Waals surface area contributed by atoms with Crippen LogP contribution in [-0.2, 0) is 31.0 Å². The summed E-state index contributed by atoms with van der Waals surface area (Å²) in [5.74, 6) is -2.29. The standard InChI is InChI=1S/C37H60FN13O8/c1-46-26-42-33-35(44-37(45-36(33)46)51-11-8-27(38)21-51)43-28(34(39)59-2)20-40-9-6-4-3-5-7-10-41-29(52)22-47-12-14-48(23-30(53)54)16-18-50(25-32(57)58)19-17-49(15-13-47)24-31(55)56/h20,26-27H,3-19,21-25,39H2,1-2H3,(H,41,52)(H,53,54)(H,55,56)(H,57,58)(H,43,44,45)/t27-/m0/s1. The maximum absolute atomic E-state index is 14.0. The van der Waals surface area contributed by atoms with Gasteiger partial charge in [0, 0.05) is 79.0 Å². The number of carbonyl (C=O) groups excluding carboxylic acids is 1. The fourth-order valence-electron chi connectivity index (χ4n) is 6.80. The molecule has 1 atom stereocenters. The number of carbonyl (C=O) groups is 4. The molecule has 2 fully saturated rings. The summed E-state index contributed by atoms with van der Waals surface area (Å²) in [6, 6.07) is 0. The first-order chi connectivity index (χ1) is 28.3. The van der Waals surface area contributed by atoms with Gasteiger partial charge >= 0.3 is 17.9 Å². The topological polar surface area (TPSA) is 260 Å². The number of hydrogen-bond acceptors (Lipinski definition) is 16. The Morgan fingerprint density at radius 1 is 0.847 bits per heavy atom. The van der Waals surface area contributed by atoms with E-state index in [1.165, 1.54) is 7.11 Å². The number of fused-ring (bicyclic) bond motifs is 1. The van der Waals surface area contributed by atoms with E-state index in [1.807, 2.05) is 11.9 Å². The van der Waals surface area contributed by atoms with Gasteiger partial charge in [0.15, 0.2) is 17.0 Å². The molecule has 0 aliphatic carbocycles. The van der Waals surface area contributed by atoms with Gasteiger partial charge < -0.3 is 45.9 Å². The third-order valence-corrected chi connectivity index (χ3v) is 10.1. The average Bonchev–Trinajstić information content (AvgIpc) is 3.79. The molecular weight excluding hydrogens is 773 g/mol. The molecule has 0 aromatic carbocycles. The number of aromatic nitrogens is 4. The van der Waals surface area contributed by atoms with E-state index < -0.39 is 24.1 Å². The number of nitrogens with one attached hydrogen (secondary N) is 2. The molecule has 59 heavy (non-hydrogen) atoms. The average molecular weight is 834 g/mol. The summed E-state index contributed by atoms with van der Waals surface area (Å²) < 4.78 is 21.0. The Labute approximate surface area is 343 Å². The van der Waals surface area contributed by atoms with Crippen molar-refractivity contribution in [3.05, 3.63) is 17.9 Å². The molecule has 0 unspecified atom stereocenters. The number of methoxy groups -OCH3 is 1. The van der Waals surface area contributed by atoms with Gasteiger partial charge in [-0.15, -0.1) is 0 Å². The van der Waals surface area contributed by atoms with Crippen LogP contribution < -0.4 is 21.3 Å². The number of unbranched alkanes of at least 4 members (excludes halogenated alkanes) is 4. The summed E-state index contributed by atoms with van der Waals surface area (Å²) in [5.41, 5.74) is 7.66. The third kappa shape index (κ3) is 16.2. The normalized spacial score (nSPS) is 18.7. The lowest BCUT2D eigenvalue weighted by atomic mass is 10.1. The molecule has 0 saturated carbocycles. The van der Waals surface area contributed by atoms with Crippen LogP contribution in [0.5, 0.6) is 0 Å². The van der Waals surface area contributed by atoms with Gasteiger partial charge in [0.2, 0.25) is 17.7 Å². The SMILES string of the molecule is COC(N)=C(C=NCCCCCCCNC(=O)CN1CCN(CC(=O)O)CCN(CC(=O)O)CCN(CC(=O)O)CC1)Nc1nc(N2CC[C@H](F)C2)nc2c1ncn2C. The second-order valence-electron chi connectivity index (χ2n) is 14.8. The van der Waals surface area contributed by atoms with Gasteiger partial charge in [0.1, 0.15) is 11.9 Å². The summed E-state index contributed by atoms with van der Waals surface area (Å²) in [6.45, 7) is 3.85. The van der Waals surface area contributed by atoms with E-state index in [9.17, 15) is 38.9 Å². The fourth-order valence-corrected chi connectivity index (χ4v) is 6.80. The Hall–Kier alpha value is -5.19. The highest BCUT2D eigenvalue weighted by Crippen LogP contribution is 2.26. The lowest BCUT2D eigenvalue weighted by Gasteiger charge is -2.32. The number of aliphatic imine (C=N–C) groups is 1. The van der Waals surface area contributed by atoms with Gasteiger partial charge in [-0.25, -0.2) is 9.37 Å². The number of carboxylic acids is 3. The molecule has 0 spiro atoms. The van der Waals surface area contributed by atoms with Crippen LogP contribution in [0, 0.1) is 0 Å². The number of alkyl halides is 1. The largest absolute Gasteiger partial charge is 0.481 e. The number of allylic oxidation sites excluding steroid dienone is 1. The fraction of sp³-hybridized carbons (Fsp3) is 0.676. The first kappa shape index (κ1) is 46.5. The number of ether oxygens (including phenoxy) is 1. The van der Waals surface area contributed by atoms with Gasteiger partial charge in [0.25, 0.3) is 0 Å². The Kier molecular flexibility index (Phi) is 18.9. The lowest BCUT2D eigenvalue weighted by molar-refractivity contribution is -0.140. The molecule has 4 heterocycles. The van der Waals surface area contributed by atoms with Crippen LogP contribution in [0.1, 0.15) is 38.5 Å². The molecule has 2 aliphatic heterocycles. The van der Waals surface area contributed by atoms with Crippen LogP contribution in [0.2, 0.25) is 0 Å². The number of carboxylic acid groups (broad SMARTS) is 3. The highest BCUT2D eigenvalue weighted by Gasteiger charge is 2.26. The zero-order valence-corrected chi connectivity index (χ0v) is 34.1. The number of anilines is 2. The van der Waals surface area contributed by atoms with Crippen LogP contribution >= 0.6 is 0 Å². The van der Waals surface area contributed by atoms with Crippen molar-refractivity contribution in [1.82, 2.24) is 44.4 Å². The van der Waals surface area contributed by atoms with E-state index in [4.69, 9.17) is 10.5 Å². The lowest BCUT2D eigenvalue weighted by Crippen LogP contribution is -2.49. The van der Waals surface area contributed by atoms with Gasteiger partial charge in [-0.3, -0.25) is 43.8 Å². The molecule has 2 aliphatic rings. The molecule has 0 bridgehead atoms. The zero-order chi connectivity index (χ0) is 42.7. The number of nitrogens with zero attached hydrogens (tertiary/aromatic N) is 10. The molecule has 2 aromatic heterocycles. The smallest absolute Gasteiger partial charge is 0.317 e. The van der Waals surface area contributed by atoms with Crippen molar-refractivity contribution < 1.29 is 43.6 Å². The number of aryl methyl sites for hydroxylation is 1. The van der Waals surface area contributed by atoms with Crippen LogP contribution in [0.25, 0.3) is 11.2 Å². The van der Waals surface area contributed by atoms with Crippen molar-refractivity contribution >= 4 is 53.0 Å². The van der Waals surface area contributed by atoms with Gasteiger partial charge in [-0.2, -0.15) is 9.97 Å². The second-order valence-corrected chi connectivity index (χ2v) is 14.8. The second kappa shape index (κ2) is 24.0. The molecule has 1 amide bonds. The van der Waals surface area contributed by atoms with Crippen LogP contribution in [0.4, 0.5) is 16.2 Å². The molecule has 2 saturated heterocycles.